The van der Waals surface area contributed by atoms with Crippen LogP contribution in [0.4, 0.5) is 11.8 Å². The van der Waals surface area contributed by atoms with Crippen LogP contribution in [0, 0.1) is 0 Å². The summed E-state index contributed by atoms with van der Waals surface area (Å²) in [5.41, 5.74) is 8.79. The van der Waals surface area contributed by atoms with Gasteiger partial charge in [-0.25, -0.2) is 4.98 Å². The number of aromatic nitrogens is 2. The molecule has 1 fully saturated rings. The van der Waals surface area contributed by atoms with Gasteiger partial charge in [-0.1, -0.05) is 18.2 Å². The monoisotopic (exact) mass is 284 g/mol. The molecule has 110 valence electrons. The van der Waals surface area contributed by atoms with Gasteiger partial charge in [0.15, 0.2) is 0 Å². The first kappa shape index (κ1) is 13.8. The third-order valence-electron chi connectivity index (χ3n) is 3.68. The van der Waals surface area contributed by atoms with Crippen molar-refractivity contribution in [1.29, 1.82) is 0 Å². The van der Waals surface area contributed by atoms with E-state index < -0.39 is 0 Å². The first-order valence-corrected chi connectivity index (χ1v) is 7.20. The first-order valence-electron chi connectivity index (χ1n) is 7.20. The predicted octanol–water partition coefficient (Wildman–Crippen LogP) is 3.01. The molecular formula is C16H20N4O. The molecule has 1 aromatic carbocycles. The second kappa shape index (κ2) is 5.69. The average Bonchev–Trinajstić information content (AvgIpc) is 3.30. The molecule has 0 amide bonds. The molecule has 1 heterocycles. The number of hydrogen-bond donors (Lipinski definition) is 2. The van der Waals surface area contributed by atoms with Crippen molar-refractivity contribution in [3.8, 4) is 11.3 Å². The maximum atomic E-state index is 5.83. The number of ether oxygens (including phenoxy) is 1. The van der Waals surface area contributed by atoms with Gasteiger partial charge in [-0.05, 0) is 31.4 Å². The van der Waals surface area contributed by atoms with E-state index in [1.54, 1.807) is 7.11 Å². The molecule has 0 bridgehead atoms. The quantitative estimate of drug-likeness (QED) is 0.883. The highest BCUT2D eigenvalue weighted by Crippen LogP contribution is 2.28. The number of nitrogens with one attached hydrogen (secondary N) is 1. The van der Waals surface area contributed by atoms with Gasteiger partial charge in [0.25, 0.3) is 0 Å². The zero-order valence-electron chi connectivity index (χ0n) is 12.3. The third-order valence-corrected chi connectivity index (χ3v) is 3.68. The summed E-state index contributed by atoms with van der Waals surface area (Å²) in [5.74, 6) is 1.09. The Labute approximate surface area is 124 Å². The van der Waals surface area contributed by atoms with E-state index >= 15 is 0 Å². The highest BCUT2D eigenvalue weighted by Gasteiger charge is 2.21. The minimum absolute atomic E-state index is 0.0493. The van der Waals surface area contributed by atoms with E-state index in [2.05, 4.69) is 21.4 Å². The molecule has 3 N–H and O–H groups in total. The number of rotatable bonds is 5. The molecule has 0 unspecified atom stereocenters. The number of nitrogens with two attached hydrogens (primary N) is 1. The van der Waals surface area contributed by atoms with E-state index in [-0.39, 0.29) is 6.10 Å². The normalized spacial score (nSPS) is 15.7. The SMILES string of the molecule is CO[C@@H](C)c1cccc(-c2cc(NC3CC3)nc(N)n2)c1. The summed E-state index contributed by atoms with van der Waals surface area (Å²) in [6.07, 6.45) is 2.44. The molecule has 3 rings (SSSR count). The number of methoxy groups -OCH3 is 1. The van der Waals surface area contributed by atoms with Crippen molar-refractivity contribution < 1.29 is 4.74 Å². The Bertz CT molecular complexity index is 640. The Hall–Kier alpha value is -2.14. The highest BCUT2D eigenvalue weighted by molar-refractivity contribution is 5.65. The maximum absolute atomic E-state index is 5.83. The first-order chi connectivity index (χ1) is 10.2. The van der Waals surface area contributed by atoms with E-state index in [0.717, 1.165) is 22.6 Å². The summed E-state index contributed by atoms with van der Waals surface area (Å²) in [7, 11) is 1.71. The smallest absolute Gasteiger partial charge is 0.222 e. The standard InChI is InChI=1S/C16H20N4O/c1-10(21-2)11-4-3-5-12(8-11)14-9-15(18-13-6-7-13)20-16(17)19-14/h3-5,8-10,13H,6-7H2,1-2H3,(H3,17,18,19,20)/t10-/m0/s1. The van der Waals surface area contributed by atoms with Gasteiger partial charge in [0.05, 0.1) is 11.8 Å². The van der Waals surface area contributed by atoms with Gasteiger partial charge in [0.1, 0.15) is 5.82 Å². The van der Waals surface area contributed by atoms with Gasteiger partial charge in [-0.2, -0.15) is 4.98 Å². The van der Waals surface area contributed by atoms with Crippen LogP contribution in [-0.2, 0) is 4.74 Å². The minimum Gasteiger partial charge on any atom is -0.377 e. The van der Waals surface area contributed by atoms with Gasteiger partial charge in [-0.15, -0.1) is 0 Å². The third kappa shape index (κ3) is 3.31. The summed E-state index contributed by atoms with van der Waals surface area (Å²) < 4.78 is 5.37. The van der Waals surface area contributed by atoms with Crippen LogP contribution in [0.15, 0.2) is 30.3 Å². The Kier molecular flexibility index (Phi) is 3.75. The van der Waals surface area contributed by atoms with Crippen molar-refractivity contribution in [3.63, 3.8) is 0 Å². The summed E-state index contributed by atoms with van der Waals surface area (Å²) in [5, 5.41) is 3.36. The fourth-order valence-electron chi connectivity index (χ4n) is 2.21. The lowest BCUT2D eigenvalue weighted by molar-refractivity contribution is 0.119. The van der Waals surface area contributed by atoms with Crippen LogP contribution < -0.4 is 11.1 Å². The Morgan fingerprint density at radius 3 is 2.81 bits per heavy atom. The van der Waals surface area contributed by atoms with Crippen molar-refractivity contribution in [2.24, 2.45) is 0 Å². The lowest BCUT2D eigenvalue weighted by Crippen LogP contribution is -2.06. The molecule has 1 atom stereocenters. The number of hydrogen-bond acceptors (Lipinski definition) is 5. The van der Waals surface area contributed by atoms with Gasteiger partial charge < -0.3 is 15.8 Å². The fraction of sp³-hybridized carbons (Fsp3) is 0.375. The summed E-state index contributed by atoms with van der Waals surface area (Å²) in [6, 6.07) is 10.6. The van der Waals surface area contributed by atoms with Crippen molar-refractivity contribution in [3.05, 3.63) is 35.9 Å². The van der Waals surface area contributed by atoms with Crippen LogP contribution in [0.1, 0.15) is 31.4 Å². The van der Waals surface area contributed by atoms with Crippen molar-refractivity contribution in [2.75, 3.05) is 18.2 Å². The molecule has 5 nitrogen and oxygen atoms in total. The zero-order chi connectivity index (χ0) is 14.8. The van der Waals surface area contributed by atoms with Crippen molar-refractivity contribution >= 4 is 11.8 Å². The zero-order valence-corrected chi connectivity index (χ0v) is 12.3. The molecule has 5 heteroatoms. The van der Waals surface area contributed by atoms with Gasteiger partial charge >= 0.3 is 0 Å². The molecule has 1 saturated carbocycles. The molecular weight excluding hydrogens is 264 g/mol. The van der Waals surface area contributed by atoms with Gasteiger partial charge in [0.2, 0.25) is 5.95 Å². The Balaban J connectivity index is 1.93. The highest BCUT2D eigenvalue weighted by atomic mass is 16.5. The molecule has 0 radical (unpaired) electrons. The summed E-state index contributed by atoms with van der Waals surface area (Å²) in [4.78, 5) is 8.59. The minimum atomic E-state index is 0.0493. The molecule has 1 aliphatic carbocycles. The Morgan fingerprint density at radius 1 is 1.29 bits per heavy atom. The molecule has 1 aliphatic rings. The topological polar surface area (TPSA) is 73.1 Å². The largest absolute Gasteiger partial charge is 0.377 e. The number of nitrogens with zero attached hydrogens (tertiary/aromatic N) is 2. The molecule has 21 heavy (non-hydrogen) atoms. The van der Waals surface area contributed by atoms with E-state index in [9.17, 15) is 0 Å². The molecule has 1 aromatic heterocycles. The number of benzene rings is 1. The van der Waals surface area contributed by atoms with Crippen LogP contribution in [0.25, 0.3) is 11.3 Å². The van der Waals surface area contributed by atoms with Gasteiger partial charge in [-0.3, -0.25) is 0 Å². The predicted molar refractivity (Wildman–Crippen MR) is 83.9 cm³/mol. The number of anilines is 2. The second-order valence-corrected chi connectivity index (χ2v) is 5.42. The molecule has 0 aliphatic heterocycles. The van der Waals surface area contributed by atoms with Crippen molar-refractivity contribution in [1.82, 2.24) is 9.97 Å². The van der Waals surface area contributed by atoms with E-state index in [4.69, 9.17) is 10.5 Å². The Morgan fingerprint density at radius 2 is 2.10 bits per heavy atom. The molecule has 0 spiro atoms. The fourth-order valence-corrected chi connectivity index (χ4v) is 2.21. The van der Waals surface area contributed by atoms with Crippen LogP contribution in [0.5, 0.6) is 0 Å². The van der Waals surface area contributed by atoms with Crippen LogP contribution in [0.2, 0.25) is 0 Å². The molecule has 2 aromatic rings. The van der Waals surface area contributed by atoms with E-state index in [1.165, 1.54) is 12.8 Å². The lowest BCUT2D eigenvalue weighted by atomic mass is 10.0. The van der Waals surface area contributed by atoms with Crippen LogP contribution in [-0.4, -0.2) is 23.1 Å². The second-order valence-electron chi connectivity index (χ2n) is 5.42. The summed E-state index contributed by atoms with van der Waals surface area (Å²) in [6.45, 7) is 2.02. The van der Waals surface area contributed by atoms with E-state index in [0.29, 0.717) is 12.0 Å². The summed E-state index contributed by atoms with van der Waals surface area (Å²) >= 11 is 0. The van der Waals surface area contributed by atoms with Crippen LogP contribution in [0.3, 0.4) is 0 Å². The molecule has 0 saturated heterocycles. The lowest BCUT2D eigenvalue weighted by Gasteiger charge is -2.12. The van der Waals surface area contributed by atoms with E-state index in [1.807, 2.05) is 31.2 Å². The van der Waals surface area contributed by atoms with Crippen molar-refractivity contribution in [2.45, 2.75) is 31.9 Å². The average molecular weight is 284 g/mol. The number of nitrogen functional groups attached to an aromatic ring is 1. The van der Waals surface area contributed by atoms with Crippen LogP contribution >= 0.6 is 0 Å². The van der Waals surface area contributed by atoms with Gasteiger partial charge in [0, 0.05) is 24.8 Å². The maximum Gasteiger partial charge on any atom is 0.222 e.